The van der Waals surface area contributed by atoms with E-state index >= 15 is 0 Å². The fourth-order valence-corrected chi connectivity index (χ4v) is 1.92. The number of allylic oxidation sites excluding steroid dienone is 1. The Morgan fingerprint density at radius 3 is 2.04 bits per heavy atom. The zero-order valence-electron chi connectivity index (χ0n) is 13.0. The van der Waals surface area contributed by atoms with Gasteiger partial charge in [0.1, 0.15) is 5.75 Å². The third-order valence-corrected chi connectivity index (χ3v) is 3.08. The van der Waals surface area contributed by atoms with Crippen molar-refractivity contribution >= 4 is 23.2 Å². The minimum atomic E-state index is -0.221. The highest BCUT2D eigenvalue weighted by Gasteiger charge is 2.06. The Hall–Kier alpha value is -3.08. The van der Waals surface area contributed by atoms with E-state index in [9.17, 15) is 9.59 Å². The lowest BCUT2D eigenvalue weighted by molar-refractivity contribution is -0.111. The molecule has 0 aliphatic rings. The molecule has 0 aromatic heterocycles. The molecule has 5 nitrogen and oxygen atoms in total. The molecular weight excluding hydrogens is 292 g/mol. The van der Waals surface area contributed by atoms with Gasteiger partial charge in [-0.3, -0.25) is 9.59 Å². The van der Waals surface area contributed by atoms with Gasteiger partial charge in [0.25, 0.3) is 5.91 Å². The van der Waals surface area contributed by atoms with Crippen molar-refractivity contribution in [3.63, 3.8) is 0 Å². The molecule has 0 atom stereocenters. The number of nitrogens with one attached hydrogen (secondary N) is 2. The molecule has 0 spiro atoms. The maximum Gasteiger partial charge on any atom is 0.255 e. The quantitative estimate of drug-likeness (QED) is 0.831. The van der Waals surface area contributed by atoms with Crippen LogP contribution in [0.2, 0.25) is 0 Å². The summed E-state index contributed by atoms with van der Waals surface area (Å²) < 4.78 is 5.07. The van der Waals surface area contributed by atoms with Gasteiger partial charge in [0.05, 0.1) is 7.11 Å². The van der Waals surface area contributed by atoms with Gasteiger partial charge < -0.3 is 15.4 Å². The van der Waals surface area contributed by atoms with Crippen molar-refractivity contribution in [2.24, 2.45) is 0 Å². The van der Waals surface area contributed by atoms with Crippen molar-refractivity contribution in [2.45, 2.75) is 6.92 Å². The van der Waals surface area contributed by atoms with Crippen molar-refractivity contribution in [3.8, 4) is 5.75 Å². The Kier molecular flexibility index (Phi) is 5.52. The van der Waals surface area contributed by atoms with Crippen LogP contribution in [0.15, 0.2) is 60.7 Å². The molecule has 2 rings (SSSR count). The standard InChI is InChI=1S/C18H18N2O3/c1-3-4-17(21)19-14-7-5-13(6-8-14)18(22)20-15-9-11-16(23-2)12-10-15/h3-12H,1-2H3,(H,19,21)(H,20,22)/b4-3+. The molecule has 0 saturated carbocycles. The molecule has 5 heteroatoms. The SMILES string of the molecule is C/C=C/C(=O)Nc1ccc(C(=O)Nc2ccc(OC)cc2)cc1. The van der Waals surface area contributed by atoms with Crippen molar-refractivity contribution < 1.29 is 14.3 Å². The second kappa shape index (κ2) is 7.79. The van der Waals surface area contributed by atoms with E-state index in [1.165, 1.54) is 6.08 Å². The number of hydrogen-bond donors (Lipinski definition) is 2. The average molecular weight is 310 g/mol. The predicted molar refractivity (Wildman–Crippen MR) is 90.8 cm³/mol. The van der Waals surface area contributed by atoms with Crippen molar-refractivity contribution in [1.29, 1.82) is 0 Å². The second-order valence-electron chi connectivity index (χ2n) is 4.75. The van der Waals surface area contributed by atoms with Gasteiger partial charge in [-0.15, -0.1) is 0 Å². The molecule has 0 aliphatic heterocycles. The van der Waals surface area contributed by atoms with Crippen LogP contribution in [0.4, 0.5) is 11.4 Å². The summed E-state index contributed by atoms with van der Waals surface area (Å²) in [6.07, 6.45) is 3.09. The number of carbonyl (C=O) groups excluding carboxylic acids is 2. The van der Waals surface area contributed by atoms with Gasteiger partial charge in [0, 0.05) is 16.9 Å². The molecule has 2 aromatic rings. The average Bonchev–Trinajstić information content (AvgIpc) is 2.56. The van der Waals surface area contributed by atoms with Crippen LogP contribution < -0.4 is 15.4 Å². The van der Waals surface area contributed by atoms with E-state index in [4.69, 9.17) is 4.74 Å². The van der Waals surface area contributed by atoms with E-state index in [0.717, 1.165) is 5.75 Å². The first kappa shape index (κ1) is 16.3. The highest BCUT2D eigenvalue weighted by molar-refractivity contribution is 6.05. The number of amides is 2. The van der Waals surface area contributed by atoms with E-state index in [2.05, 4.69) is 10.6 Å². The summed E-state index contributed by atoms with van der Waals surface area (Å²) in [7, 11) is 1.59. The number of hydrogen-bond acceptors (Lipinski definition) is 3. The first-order valence-electron chi connectivity index (χ1n) is 7.11. The Morgan fingerprint density at radius 1 is 0.913 bits per heavy atom. The minimum absolute atomic E-state index is 0.206. The lowest BCUT2D eigenvalue weighted by Gasteiger charge is -2.07. The molecule has 0 unspecified atom stereocenters. The monoisotopic (exact) mass is 310 g/mol. The van der Waals surface area contributed by atoms with Crippen LogP contribution in [0.25, 0.3) is 0 Å². The van der Waals surface area contributed by atoms with E-state index in [0.29, 0.717) is 16.9 Å². The predicted octanol–water partition coefficient (Wildman–Crippen LogP) is 3.46. The lowest BCUT2D eigenvalue weighted by atomic mass is 10.2. The largest absolute Gasteiger partial charge is 0.497 e. The number of methoxy groups -OCH3 is 1. The van der Waals surface area contributed by atoms with E-state index in [-0.39, 0.29) is 11.8 Å². The molecule has 2 N–H and O–H groups in total. The van der Waals surface area contributed by atoms with Crippen LogP contribution in [0.3, 0.4) is 0 Å². The summed E-state index contributed by atoms with van der Waals surface area (Å²) in [6.45, 7) is 1.77. The Morgan fingerprint density at radius 2 is 1.48 bits per heavy atom. The van der Waals surface area contributed by atoms with Crippen LogP contribution >= 0.6 is 0 Å². The maximum absolute atomic E-state index is 12.2. The third kappa shape index (κ3) is 4.71. The molecule has 0 saturated heterocycles. The summed E-state index contributed by atoms with van der Waals surface area (Å²) in [5.74, 6) is 0.300. The Labute approximate surface area is 135 Å². The summed E-state index contributed by atoms with van der Waals surface area (Å²) >= 11 is 0. The summed E-state index contributed by atoms with van der Waals surface area (Å²) in [5, 5.41) is 5.50. The molecule has 2 aromatic carbocycles. The van der Waals surface area contributed by atoms with Gasteiger partial charge in [-0.25, -0.2) is 0 Å². The van der Waals surface area contributed by atoms with Crippen LogP contribution in [-0.2, 0) is 4.79 Å². The van der Waals surface area contributed by atoms with Crippen LogP contribution in [0.1, 0.15) is 17.3 Å². The molecular formula is C18H18N2O3. The Balaban J connectivity index is 2.00. The fraction of sp³-hybridized carbons (Fsp3) is 0.111. The van der Waals surface area contributed by atoms with Crippen molar-refractivity contribution in [1.82, 2.24) is 0 Å². The van der Waals surface area contributed by atoms with Crippen LogP contribution in [0.5, 0.6) is 5.75 Å². The van der Waals surface area contributed by atoms with E-state index in [1.807, 2.05) is 0 Å². The van der Waals surface area contributed by atoms with Crippen LogP contribution in [0, 0.1) is 0 Å². The molecule has 0 bridgehead atoms. The van der Waals surface area contributed by atoms with Gasteiger partial charge in [0.15, 0.2) is 0 Å². The Bertz CT molecular complexity index is 704. The van der Waals surface area contributed by atoms with Gasteiger partial charge in [-0.05, 0) is 61.5 Å². The zero-order valence-corrected chi connectivity index (χ0v) is 13.0. The zero-order chi connectivity index (χ0) is 16.7. The second-order valence-corrected chi connectivity index (χ2v) is 4.75. The van der Waals surface area contributed by atoms with Gasteiger partial charge in [-0.2, -0.15) is 0 Å². The van der Waals surface area contributed by atoms with Crippen LogP contribution in [-0.4, -0.2) is 18.9 Å². The highest BCUT2D eigenvalue weighted by Crippen LogP contribution is 2.16. The summed E-state index contributed by atoms with van der Waals surface area (Å²) in [5.41, 5.74) is 1.82. The first-order chi connectivity index (χ1) is 11.1. The highest BCUT2D eigenvalue weighted by atomic mass is 16.5. The number of anilines is 2. The molecule has 0 radical (unpaired) electrons. The molecule has 0 aliphatic carbocycles. The number of rotatable bonds is 5. The third-order valence-electron chi connectivity index (χ3n) is 3.08. The van der Waals surface area contributed by atoms with Gasteiger partial charge in [-0.1, -0.05) is 6.08 Å². The summed E-state index contributed by atoms with van der Waals surface area (Å²) in [4.78, 5) is 23.6. The normalized spacial score (nSPS) is 10.3. The lowest BCUT2D eigenvalue weighted by Crippen LogP contribution is -2.12. The van der Waals surface area contributed by atoms with Crippen molar-refractivity contribution in [3.05, 3.63) is 66.2 Å². The fourth-order valence-electron chi connectivity index (χ4n) is 1.92. The van der Waals surface area contributed by atoms with E-state index in [1.54, 1.807) is 68.6 Å². The van der Waals surface area contributed by atoms with Gasteiger partial charge >= 0.3 is 0 Å². The van der Waals surface area contributed by atoms with Gasteiger partial charge in [0.2, 0.25) is 5.91 Å². The molecule has 0 heterocycles. The molecule has 23 heavy (non-hydrogen) atoms. The molecule has 118 valence electrons. The molecule has 2 amide bonds. The number of carbonyl (C=O) groups is 2. The maximum atomic E-state index is 12.2. The smallest absolute Gasteiger partial charge is 0.255 e. The minimum Gasteiger partial charge on any atom is -0.497 e. The molecule has 0 fully saturated rings. The van der Waals surface area contributed by atoms with Crippen molar-refractivity contribution in [2.75, 3.05) is 17.7 Å². The number of benzene rings is 2. The topological polar surface area (TPSA) is 67.4 Å². The summed E-state index contributed by atoms with van der Waals surface area (Å²) in [6, 6.07) is 13.8. The van der Waals surface area contributed by atoms with E-state index < -0.39 is 0 Å². The first-order valence-corrected chi connectivity index (χ1v) is 7.11. The number of ether oxygens (including phenoxy) is 1.